The highest BCUT2D eigenvalue weighted by Crippen LogP contribution is 2.22. The van der Waals surface area contributed by atoms with Crippen LogP contribution in [-0.2, 0) is 6.54 Å². The highest BCUT2D eigenvalue weighted by molar-refractivity contribution is 5.45. The predicted octanol–water partition coefficient (Wildman–Crippen LogP) is 1.74. The van der Waals surface area contributed by atoms with Gasteiger partial charge in [0.15, 0.2) is 0 Å². The Labute approximate surface area is 105 Å². The van der Waals surface area contributed by atoms with Gasteiger partial charge in [0.25, 0.3) is 6.43 Å². The zero-order valence-corrected chi connectivity index (χ0v) is 10.7. The van der Waals surface area contributed by atoms with Crippen LogP contribution in [0, 0.1) is 6.92 Å². The number of hydrogen-bond donors (Lipinski definition) is 1. The van der Waals surface area contributed by atoms with E-state index in [9.17, 15) is 8.78 Å². The molecule has 1 aromatic rings. The molecule has 1 aliphatic carbocycles. The average Bonchev–Trinajstić information content (AvgIpc) is 3.10. The third-order valence-corrected chi connectivity index (χ3v) is 2.89. The third kappa shape index (κ3) is 3.60. The molecule has 1 saturated carbocycles. The Kier molecular flexibility index (Phi) is 4.06. The Morgan fingerprint density at radius 3 is 2.83 bits per heavy atom. The van der Waals surface area contributed by atoms with Crippen LogP contribution in [-0.4, -0.2) is 36.0 Å². The maximum Gasteiger partial charge on any atom is 0.255 e. The SMILES string of the molecule is Cc1ncc(CNC2CC2)c(N(C)CC(F)F)n1. The van der Waals surface area contributed by atoms with Gasteiger partial charge >= 0.3 is 0 Å². The topological polar surface area (TPSA) is 41.1 Å². The summed E-state index contributed by atoms with van der Waals surface area (Å²) in [4.78, 5) is 9.89. The molecule has 2 rings (SSSR count). The molecule has 6 heteroatoms. The first kappa shape index (κ1) is 13.1. The van der Waals surface area contributed by atoms with Gasteiger partial charge in [0.05, 0.1) is 6.54 Å². The molecule has 0 radical (unpaired) electrons. The molecule has 100 valence electrons. The molecule has 0 atom stereocenters. The van der Waals surface area contributed by atoms with E-state index in [1.54, 1.807) is 20.2 Å². The zero-order valence-electron chi connectivity index (χ0n) is 10.7. The van der Waals surface area contributed by atoms with Gasteiger partial charge in [-0.05, 0) is 19.8 Å². The van der Waals surface area contributed by atoms with E-state index in [-0.39, 0.29) is 6.54 Å². The summed E-state index contributed by atoms with van der Waals surface area (Å²) < 4.78 is 24.9. The summed E-state index contributed by atoms with van der Waals surface area (Å²) in [5, 5.41) is 3.35. The Morgan fingerprint density at radius 1 is 1.50 bits per heavy atom. The molecule has 18 heavy (non-hydrogen) atoms. The number of halogens is 2. The number of aromatic nitrogens is 2. The van der Waals surface area contributed by atoms with E-state index >= 15 is 0 Å². The van der Waals surface area contributed by atoms with Crippen molar-refractivity contribution in [3.63, 3.8) is 0 Å². The maximum absolute atomic E-state index is 12.4. The molecule has 1 N–H and O–H groups in total. The van der Waals surface area contributed by atoms with Gasteiger partial charge in [-0.1, -0.05) is 0 Å². The third-order valence-electron chi connectivity index (χ3n) is 2.89. The van der Waals surface area contributed by atoms with Crippen molar-refractivity contribution in [3.05, 3.63) is 17.6 Å². The average molecular weight is 256 g/mol. The summed E-state index contributed by atoms with van der Waals surface area (Å²) in [6.45, 7) is 2.08. The molecule has 1 aliphatic rings. The lowest BCUT2D eigenvalue weighted by Crippen LogP contribution is -2.28. The standard InChI is InChI=1S/C12H18F2N4/c1-8-15-5-9(6-16-10-3-4-10)12(17-8)18(2)7-11(13)14/h5,10-11,16H,3-4,6-7H2,1-2H3. The molecular weight excluding hydrogens is 238 g/mol. The minimum atomic E-state index is -2.37. The fourth-order valence-corrected chi connectivity index (χ4v) is 1.77. The molecule has 4 nitrogen and oxygen atoms in total. The van der Waals surface area contributed by atoms with Crippen molar-refractivity contribution in [3.8, 4) is 0 Å². The molecule has 0 aromatic carbocycles. The van der Waals surface area contributed by atoms with Crippen LogP contribution < -0.4 is 10.2 Å². The minimum Gasteiger partial charge on any atom is -0.354 e. The first-order valence-corrected chi connectivity index (χ1v) is 6.11. The Bertz CT molecular complexity index is 407. The van der Waals surface area contributed by atoms with Gasteiger partial charge in [-0.3, -0.25) is 0 Å². The van der Waals surface area contributed by atoms with Crippen LogP contribution in [0.15, 0.2) is 6.20 Å². The monoisotopic (exact) mass is 256 g/mol. The minimum absolute atomic E-state index is 0.313. The molecule has 0 bridgehead atoms. The first-order valence-electron chi connectivity index (χ1n) is 6.11. The van der Waals surface area contributed by atoms with Crippen LogP contribution >= 0.6 is 0 Å². The van der Waals surface area contributed by atoms with E-state index in [0.29, 0.717) is 24.2 Å². The van der Waals surface area contributed by atoms with Gasteiger partial charge in [-0.2, -0.15) is 0 Å². The summed E-state index contributed by atoms with van der Waals surface area (Å²) in [5.41, 5.74) is 0.871. The molecule has 0 aliphatic heterocycles. The molecule has 0 amide bonds. The Morgan fingerprint density at radius 2 is 2.22 bits per heavy atom. The van der Waals surface area contributed by atoms with Crippen molar-refractivity contribution in [1.82, 2.24) is 15.3 Å². The summed E-state index contributed by atoms with van der Waals surface area (Å²) in [5.74, 6) is 1.19. The lowest BCUT2D eigenvalue weighted by molar-refractivity contribution is 0.156. The second-order valence-corrected chi connectivity index (χ2v) is 4.69. The van der Waals surface area contributed by atoms with Crippen LogP contribution in [0.2, 0.25) is 0 Å². The second-order valence-electron chi connectivity index (χ2n) is 4.69. The van der Waals surface area contributed by atoms with Crippen LogP contribution in [0.3, 0.4) is 0 Å². The summed E-state index contributed by atoms with van der Waals surface area (Å²) >= 11 is 0. The largest absolute Gasteiger partial charge is 0.354 e. The highest BCUT2D eigenvalue weighted by atomic mass is 19.3. The number of aryl methyl sites for hydroxylation is 1. The summed E-state index contributed by atoms with van der Waals surface area (Å²) in [6, 6.07) is 0.569. The van der Waals surface area contributed by atoms with Crippen LogP contribution in [0.1, 0.15) is 24.2 Å². The molecule has 0 spiro atoms. The van der Waals surface area contributed by atoms with Gasteiger partial charge in [-0.25, -0.2) is 18.7 Å². The van der Waals surface area contributed by atoms with Crippen LogP contribution in [0.25, 0.3) is 0 Å². The Balaban J connectivity index is 2.10. The first-order chi connectivity index (χ1) is 8.56. The van der Waals surface area contributed by atoms with E-state index in [0.717, 1.165) is 5.56 Å². The second kappa shape index (κ2) is 5.56. The molecule has 1 fully saturated rings. The number of alkyl halides is 2. The molecular formula is C12H18F2N4. The van der Waals surface area contributed by atoms with E-state index < -0.39 is 6.43 Å². The summed E-state index contributed by atoms with van der Waals surface area (Å²) in [7, 11) is 1.63. The van der Waals surface area contributed by atoms with Crippen molar-refractivity contribution < 1.29 is 8.78 Å². The smallest absolute Gasteiger partial charge is 0.255 e. The Hall–Kier alpha value is -1.30. The van der Waals surface area contributed by atoms with E-state index in [2.05, 4.69) is 15.3 Å². The number of hydrogen-bond acceptors (Lipinski definition) is 4. The predicted molar refractivity (Wildman–Crippen MR) is 65.9 cm³/mol. The maximum atomic E-state index is 12.4. The number of rotatable bonds is 6. The quantitative estimate of drug-likeness (QED) is 0.841. The zero-order chi connectivity index (χ0) is 13.1. The van der Waals surface area contributed by atoms with Gasteiger partial charge in [0.2, 0.25) is 0 Å². The normalized spacial score (nSPS) is 15.2. The number of nitrogens with one attached hydrogen (secondary N) is 1. The lowest BCUT2D eigenvalue weighted by atomic mass is 10.2. The van der Waals surface area contributed by atoms with E-state index in [1.807, 2.05) is 0 Å². The molecule has 1 aromatic heterocycles. The van der Waals surface area contributed by atoms with Crippen LogP contribution in [0.4, 0.5) is 14.6 Å². The molecule has 0 saturated heterocycles. The number of anilines is 1. The molecule has 1 heterocycles. The van der Waals surface area contributed by atoms with Gasteiger partial charge in [0.1, 0.15) is 11.6 Å². The van der Waals surface area contributed by atoms with E-state index in [1.165, 1.54) is 17.7 Å². The van der Waals surface area contributed by atoms with Crippen molar-refractivity contribution in [2.75, 3.05) is 18.5 Å². The van der Waals surface area contributed by atoms with Crippen LogP contribution in [0.5, 0.6) is 0 Å². The summed E-state index contributed by atoms with van der Waals surface area (Å²) in [6.07, 6.45) is 1.73. The van der Waals surface area contributed by atoms with Crippen molar-refractivity contribution in [1.29, 1.82) is 0 Å². The molecule has 0 unspecified atom stereocenters. The van der Waals surface area contributed by atoms with Crippen molar-refractivity contribution in [2.24, 2.45) is 0 Å². The van der Waals surface area contributed by atoms with Gasteiger partial charge in [0, 0.05) is 31.4 Å². The van der Waals surface area contributed by atoms with Gasteiger partial charge in [-0.15, -0.1) is 0 Å². The fourth-order valence-electron chi connectivity index (χ4n) is 1.77. The van der Waals surface area contributed by atoms with Gasteiger partial charge < -0.3 is 10.2 Å². The lowest BCUT2D eigenvalue weighted by Gasteiger charge is -2.21. The number of nitrogens with zero attached hydrogens (tertiary/aromatic N) is 3. The highest BCUT2D eigenvalue weighted by Gasteiger charge is 2.21. The fraction of sp³-hybridized carbons (Fsp3) is 0.667. The van der Waals surface area contributed by atoms with Crippen molar-refractivity contribution >= 4 is 5.82 Å². The van der Waals surface area contributed by atoms with Crippen molar-refractivity contribution in [2.45, 2.75) is 38.8 Å². The van der Waals surface area contributed by atoms with E-state index in [4.69, 9.17) is 0 Å².